The van der Waals surface area contributed by atoms with E-state index in [4.69, 9.17) is 5.73 Å². The first-order valence-electron chi connectivity index (χ1n) is 6.32. The van der Waals surface area contributed by atoms with Gasteiger partial charge in [0.2, 0.25) is 5.95 Å². The van der Waals surface area contributed by atoms with Crippen LogP contribution in [-0.2, 0) is 17.0 Å². The minimum atomic E-state index is -4.57. The van der Waals surface area contributed by atoms with Crippen molar-refractivity contribution in [2.45, 2.75) is 31.3 Å². The average molecular weight is 351 g/mol. The Balaban J connectivity index is 0.000000745. The Hall–Kier alpha value is -1.48. The molecule has 0 radical (unpaired) electrons. The Morgan fingerprint density at radius 1 is 1.36 bits per heavy atom. The van der Waals surface area contributed by atoms with Gasteiger partial charge in [0.15, 0.2) is 0 Å². The number of hydrogen-bond donors (Lipinski definition) is 1. The molecule has 0 saturated heterocycles. The minimum Gasteiger partial charge on any atom is -0.368 e. The van der Waals surface area contributed by atoms with E-state index < -0.39 is 22.5 Å². The van der Waals surface area contributed by atoms with Crippen molar-refractivity contribution in [2.75, 3.05) is 12.0 Å². The first kappa shape index (κ1) is 18.6. The third-order valence-corrected chi connectivity index (χ3v) is 4.24. The van der Waals surface area contributed by atoms with E-state index in [1.165, 1.54) is 24.1 Å². The van der Waals surface area contributed by atoms with Crippen molar-refractivity contribution in [3.63, 3.8) is 0 Å². The third kappa shape index (κ3) is 4.77. The van der Waals surface area contributed by atoms with Crippen LogP contribution in [0.2, 0.25) is 0 Å². The van der Waals surface area contributed by atoms with Crippen molar-refractivity contribution in [1.29, 1.82) is 0 Å². The quantitative estimate of drug-likeness (QED) is 0.889. The number of nitrogen functional groups attached to an aromatic ring is 1. The molecule has 9 heteroatoms. The Morgan fingerprint density at radius 3 is 2.41 bits per heavy atom. The Morgan fingerprint density at radius 2 is 1.95 bits per heavy atom. The second kappa shape index (κ2) is 7.68. The van der Waals surface area contributed by atoms with E-state index in [1.54, 1.807) is 0 Å². The number of anilines is 1. The van der Waals surface area contributed by atoms with Crippen LogP contribution in [0.5, 0.6) is 0 Å². The topological polar surface area (TPSA) is 68.9 Å². The summed E-state index contributed by atoms with van der Waals surface area (Å²) >= 11 is 1.03. The molecule has 0 aromatic carbocycles. The van der Waals surface area contributed by atoms with E-state index in [1.807, 2.05) is 0 Å². The lowest BCUT2D eigenvalue weighted by Gasteiger charge is -2.10. The molecule has 0 amide bonds. The van der Waals surface area contributed by atoms with Gasteiger partial charge >= 0.3 is 6.18 Å². The fraction of sp³-hybridized carbons (Fsp3) is 0.385. The molecule has 2 heterocycles. The molecule has 0 saturated carbocycles. The molecule has 2 rings (SSSR count). The maximum absolute atomic E-state index is 12.9. The summed E-state index contributed by atoms with van der Waals surface area (Å²) in [5.41, 5.74) is 4.08. The normalized spacial score (nSPS) is 12.5. The van der Waals surface area contributed by atoms with Crippen LogP contribution < -0.4 is 5.73 Å². The smallest absolute Gasteiger partial charge is 0.368 e. The van der Waals surface area contributed by atoms with E-state index in [-0.39, 0.29) is 16.5 Å². The Bertz CT molecular complexity index is 656. The summed E-state index contributed by atoms with van der Waals surface area (Å²) < 4.78 is 49.8. The molecule has 0 bridgehead atoms. The van der Waals surface area contributed by atoms with Crippen LogP contribution in [0.3, 0.4) is 0 Å². The monoisotopic (exact) mass is 351 g/mol. The first-order chi connectivity index (χ1) is 10.2. The molecule has 1 unspecified atom stereocenters. The standard InChI is InChI=1S/C10H8F3N3OS2.C3H8/c1-19(17)5-2-7(18-4-5)8-6(10(11,12)13)3-15-9(14)16-8;1-3-2/h2-4H,1H3,(H2,14,15,16);3H2,1-2H3. The molecule has 0 spiro atoms. The highest BCUT2D eigenvalue weighted by Gasteiger charge is 2.35. The highest BCUT2D eigenvalue weighted by Crippen LogP contribution is 2.38. The molecule has 22 heavy (non-hydrogen) atoms. The molecule has 4 nitrogen and oxygen atoms in total. The summed E-state index contributed by atoms with van der Waals surface area (Å²) in [6, 6.07) is 1.41. The van der Waals surface area contributed by atoms with Crippen molar-refractivity contribution < 1.29 is 17.4 Å². The SMILES string of the molecule is CCC.CS(=O)c1csc(-c2nc(N)ncc2C(F)(F)F)c1. The number of halogens is 3. The first-order valence-corrected chi connectivity index (χ1v) is 8.76. The zero-order chi connectivity index (χ0) is 16.9. The summed E-state index contributed by atoms with van der Waals surface area (Å²) in [6.07, 6.45) is -1.22. The summed E-state index contributed by atoms with van der Waals surface area (Å²) in [5, 5.41) is 1.53. The number of nitrogens with zero attached hydrogens (tertiary/aromatic N) is 2. The van der Waals surface area contributed by atoms with Crippen molar-refractivity contribution >= 4 is 28.1 Å². The van der Waals surface area contributed by atoms with Gasteiger partial charge in [-0.15, -0.1) is 11.3 Å². The molecule has 0 aliphatic heterocycles. The van der Waals surface area contributed by atoms with Crippen LogP contribution in [0.1, 0.15) is 25.8 Å². The number of thiophene rings is 1. The fourth-order valence-electron chi connectivity index (χ4n) is 1.38. The molecule has 122 valence electrons. The lowest BCUT2D eigenvalue weighted by Crippen LogP contribution is -2.10. The van der Waals surface area contributed by atoms with Gasteiger partial charge in [-0.25, -0.2) is 9.97 Å². The molecule has 0 aliphatic rings. The van der Waals surface area contributed by atoms with Crippen LogP contribution >= 0.6 is 11.3 Å². The minimum absolute atomic E-state index is 0.240. The zero-order valence-electron chi connectivity index (χ0n) is 12.3. The second-order valence-corrected chi connectivity index (χ2v) is 6.59. The van der Waals surface area contributed by atoms with Gasteiger partial charge in [0.05, 0.1) is 21.4 Å². The number of hydrogen-bond acceptors (Lipinski definition) is 5. The third-order valence-electron chi connectivity index (χ3n) is 2.25. The van der Waals surface area contributed by atoms with Crippen molar-refractivity contribution in [3.05, 3.63) is 23.2 Å². The predicted molar refractivity (Wildman–Crippen MR) is 83.1 cm³/mol. The molecular weight excluding hydrogens is 335 g/mol. The van der Waals surface area contributed by atoms with Gasteiger partial charge in [0, 0.05) is 22.7 Å². The molecule has 1 atom stereocenters. The number of nitrogens with two attached hydrogens (primary N) is 1. The molecule has 2 aromatic rings. The van der Waals surface area contributed by atoms with Gasteiger partial charge in [-0.1, -0.05) is 20.3 Å². The summed E-state index contributed by atoms with van der Waals surface area (Å²) in [6.45, 7) is 4.25. The number of aromatic nitrogens is 2. The van der Waals surface area contributed by atoms with E-state index in [0.29, 0.717) is 11.1 Å². The summed E-state index contributed by atoms with van der Waals surface area (Å²) in [5.74, 6) is -0.240. The van der Waals surface area contributed by atoms with Crippen LogP contribution in [0.4, 0.5) is 19.1 Å². The molecular formula is C13H16F3N3OS2. The molecule has 2 aromatic heterocycles. The zero-order valence-corrected chi connectivity index (χ0v) is 13.9. The molecule has 2 N–H and O–H groups in total. The van der Waals surface area contributed by atoms with Gasteiger partial charge in [-0.05, 0) is 6.07 Å². The number of rotatable bonds is 2. The van der Waals surface area contributed by atoms with E-state index >= 15 is 0 Å². The summed E-state index contributed by atoms with van der Waals surface area (Å²) in [4.78, 5) is 7.71. The van der Waals surface area contributed by atoms with Gasteiger partial charge < -0.3 is 5.73 Å². The van der Waals surface area contributed by atoms with E-state index in [0.717, 1.165) is 11.3 Å². The highest BCUT2D eigenvalue weighted by molar-refractivity contribution is 7.84. The maximum Gasteiger partial charge on any atom is 0.420 e. The molecule has 0 fully saturated rings. The highest BCUT2D eigenvalue weighted by atomic mass is 32.2. The van der Waals surface area contributed by atoms with E-state index in [2.05, 4.69) is 23.8 Å². The van der Waals surface area contributed by atoms with Crippen LogP contribution in [-0.4, -0.2) is 20.4 Å². The molecule has 0 aliphatic carbocycles. The van der Waals surface area contributed by atoms with Gasteiger partial charge in [0.25, 0.3) is 0 Å². The van der Waals surface area contributed by atoms with E-state index in [9.17, 15) is 17.4 Å². The maximum atomic E-state index is 12.9. The van der Waals surface area contributed by atoms with Gasteiger partial charge in [-0.3, -0.25) is 4.21 Å². The van der Waals surface area contributed by atoms with Crippen LogP contribution in [0.25, 0.3) is 10.6 Å². The summed E-state index contributed by atoms with van der Waals surface area (Å²) in [7, 11) is -1.26. The fourth-order valence-corrected chi connectivity index (χ4v) is 3.20. The lowest BCUT2D eigenvalue weighted by molar-refractivity contribution is -0.137. The van der Waals surface area contributed by atoms with Crippen molar-refractivity contribution in [1.82, 2.24) is 9.97 Å². The van der Waals surface area contributed by atoms with Gasteiger partial charge in [0.1, 0.15) is 5.56 Å². The number of alkyl halides is 3. The predicted octanol–water partition coefficient (Wildman–Crippen LogP) is 3.96. The Labute approximate surface area is 133 Å². The van der Waals surface area contributed by atoms with Crippen LogP contribution in [0, 0.1) is 0 Å². The largest absolute Gasteiger partial charge is 0.420 e. The lowest BCUT2D eigenvalue weighted by atomic mass is 10.2. The average Bonchev–Trinajstić information content (AvgIpc) is 2.87. The van der Waals surface area contributed by atoms with Gasteiger partial charge in [-0.2, -0.15) is 13.2 Å². The van der Waals surface area contributed by atoms with Crippen molar-refractivity contribution in [2.24, 2.45) is 0 Å². The second-order valence-electron chi connectivity index (χ2n) is 4.30. The Kier molecular flexibility index (Phi) is 6.48. The van der Waals surface area contributed by atoms with Crippen LogP contribution in [0.15, 0.2) is 22.5 Å². The van der Waals surface area contributed by atoms with Crippen molar-refractivity contribution in [3.8, 4) is 10.6 Å².